The van der Waals surface area contributed by atoms with Crippen molar-refractivity contribution in [1.82, 2.24) is 4.37 Å². The van der Waals surface area contributed by atoms with E-state index in [-0.39, 0.29) is 11.1 Å². The van der Waals surface area contributed by atoms with Crippen molar-refractivity contribution in [3.05, 3.63) is 0 Å². The van der Waals surface area contributed by atoms with Gasteiger partial charge < -0.3 is 10.6 Å². The summed E-state index contributed by atoms with van der Waals surface area (Å²) in [5.41, 5.74) is 5.88. The molecule has 2 N–H and O–H groups in total. The normalized spacial score (nSPS) is 15.3. The van der Waals surface area contributed by atoms with Gasteiger partial charge >= 0.3 is 0 Å². The van der Waals surface area contributed by atoms with Gasteiger partial charge in [-0.3, -0.25) is 0 Å². The molecule has 0 amide bonds. The van der Waals surface area contributed by atoms with E-state index in [1.165, 1.54) is 11.5 Å². The van der Waals surface area contributed by atoms with Crippen molar-refractivity contribution in [1.29, 1.82) is 0 Å². The van der Waals surface area contributed by atoms with Gasteiger partial charge in [-0.05, 0) is 37.2 Å². The minimum Gasteiger partial charge on any atom is -0.382 e. The fraction of sp³-hybridized carbons (Fsp3) is 0.786. The highest BCUT2D eigenvalue weighted by Crippen LogP contribution is 2.42. The van der Waals surface area contributed by atoms with Crippen LogP contribution < -0.4 is 10.6 Å². The van der Waals surface area contributed by atoms with Crippen LogP contribution in [0.1, 0.15) is 52.4 Å². The molecular weight excluding hydrogens is 306 g/mol. The Hall–Kier alpha value is -0.820. The Morgan fingerprint density at radius 2 is 1.81 bits per heavy atom. The Morgan fingerprint density at radius 3 is 2.29 bits per heavy atom. The largest absolute Gasteiger partial charge is 0.382 e. The number of nitrogens with two attached hydrogens (primary N) is 1. The maximum Gasteiger partial charge on any atom is 0.187 e. The first-order valence-electron chi connectivity index (χ1n) is 7.76. The second-order valence-corrected chi connectivity index (χ2v) is 8.56. The van der Waals surface area contributed by atoms with Crippen molar-refractivity contribution in [2.24, 2.45) is 0 Å². The number of anilines is 2. The molecule has 0 bridgehead atoms. The second kappa shape index (κ2) is 6.96. The van der Waals surface area contributed by atoms with Crippen LogP contribution in [0, 0.1) is 0 Å². The summed E-state index contributed by atoms with van der Waals surface area (Å²) < 4.78 is 29.3. The molecule has 2 rings (SSSR count). The van der Waals surface area contributed by atoms with E-state index in [0.717, 1.165) is 56.6 Å². The number of unbranched alkanes of at least 4 members (excludes halogenated alkanes) is 2. The monoisotopic (exact) mass is 331 g/mol. The van der Waals surface area contributed by atoms with Crippen LogP contribution in [0.4, 0.5) is 10.8 Å². The zero-order chi connectivity index (χ0) is 15.5. The molecule has 5 nitrogen and oxygen atoms in total. The Morgan fingerprint density at radius 1 is 1.24 bits per heavy atom. The Kier molecular flexibility index (Phi) is 5.48. The number of hydrogen-bond donors (Lipinski definition) is 1. The van der Waals surface area contributed by atoms with Gasteiger partial charge in [0.25, 0.3) is 0 Å². The average molecular weight is 332 g/mol. The standard InChI is InChI=1S/C14H25N3O2S2/c1-3-5-9-17(10-6-4-2)14-12(13(15)16-20-14)21(18,19)11-7-8-11/h11H,3-10H2,1-2H3,(H2,15,16). The zero-order valence-corrected chi connectivity index (χ0v) is 14.5. The van der Waals surface area contributed by atoms with Crippen LogP contribution >= 0.6 is 11.5 Å². The molecule has 21 heavy (non-hydrogen) atoms. The van der Waals surface area contributed by atoms with Gasteiger partial charge in [0.1, 0.15) is 9.90 Å². The lowest BCUT2D eigenvalue weighted by molar-refractivity contribution is 0.594. The predicted octanol–water partition coefficient (Wildman–Crippen LogP) is 3.07. The molecule has 1 saturated carbocycles. The first-order chi connectivity index (χ1) is 10.0. The summed E-state index contributed by atoms with van der Waals surface area (Å²) in [6.07, 6.45) is 5.76. The molecule has 0 atom stereocenters. The van der Waals surface area contributed by atoms with Crippen molar-refractivity contribution in [2.75, 3.05) is 23.7 Å². The maximum atomic E-state index is 12.6. The van der Waals surface area contributed by atoms with Crippen molar-refractivity contribution in [3.63, 3.8) is 0 Å². The van der Waals surface area contributed by atoms with Gasteiger partial charge in [-0.1, -0.05) is 26.7 Å². The number of rotatable bonds is 9. The van der Waals surface area contributed by atoms with Gasteiger partial charge in [0, 0.05) is 13.1 Å². The highest BCUT2D eigenvalue weighted by Gasteiger charge is 2.41. The summed E-state index contributed by atoms with van der Waals surface area (Å²) in [6.45, 7) is 6.01. The van der Waals surface area contributed by atoms with Crippen LogP contribution in [0.5, 0.6) is 0 Å². The maximum absolute atomic E-state index is 12.6. The molecule has 0 aliphatic heterocycles. The molecule has 1 fully saturated rings. The number of aromatic nitrogens is 1. The van der Waals surface area contributed by atoms with Gasteiger partial charge in [0.05, 0.1) is 5.25 Å². The molecular formula is C14H25N3O2S2. The van der Waals surface area contributed by atoms with E-state index in [4.69, 9.17) is 5.73 Å². The molecule has 120 valence electrons. The fourth-order valence-corrected chi connectivity index (χ4v) is 5.39. The zero-order valence-electron chi connectivity index (χ0n) is 12.8. The van der Waals surface area contributed by atoms with Crippen LogP contribution in [0.2, 0.25) is 0 Å². The van der Waals surface area contributed by atoms with Gasteiger partial charge in [-0.25, -0.2) is 8.42 Å². The minimum absolute atomic E-state index is 0.180. The van der Waals surface area contributed by atoms with E-state index in [2.05, 4.69) is 23.1 Å². The van der Waals surface area contributed by atoms with E-state index in [1.54, 1.807) is 0 Å². The van der Waals surface area contributed by atoms with Crippen molar-refractivity contribution < 1.29 is 8.42 Å². The summed E-state index contributed by atoms with van der Waals surface area (Å²) in [5, 5.41) is 0.510. The molecule has 0 radical (unpaired) electrons. The molecule has 1 aromatic rings. The van der Waals surface area contributed by atoms with E-state index >= 15 is 0 Å². The highest BCUT2D eigenvalue weighted by atomic mass is 32.2. The summed E-state index contributed by atoms with van der Waals surface area (Å²) >= 11 is 1.23. The third-order valence-corrected chi connectivity index (χ3v) is 7.13. The predicted molar refractivity (Wildman–Crippen MR) is 88.8 cm³/mol. The second-order valence-electron chi connectivity index (χ2n) is 5.64. The smallest absolute Gasteiger partial charge is 0.187 e. The van der Waals surface area contributed by atoms with Gasteiger partial charge in [-0.15, -0.1) is 0 Å². The number of nitrogen functional groups attached to an aromatic ring is 1. The van der Waals surface area contributed by atoms with Crippen LogP contribution in [0.25, 0.3) is 0 Å². The van der Waals surface area contributed by atoms with Crippen LogP contribution in [0.3, 0.4) is 0 Å². The third kappa shape index (κ3) is 3.69. The molecule has 0 spiro atoms. The van der Waals surface area contributed by atoms with E-state index in [1.807, 2.05) is 0 Å². The first-order valence-corrected chi connectivity index (χ1v) is 10.1. The summed E-state index contributed by atoms with van der Waals surface area (Å²) in [7, 11) is -3.30. The molecule has 1 aliphatic carbocycles. The SMILES string of the molecule is CCCCN(CCCC)c1snc(N)c1S(=O)(=O)C1CC1. The minimum atomic E-state index is -3.30. The highest BCUT2D eigenvalue weighted by molar-refractivity contribution is 7.92. The van der Waals surface area contributed by atoms with Gasteiger partial charge in [-0.2, -0.15) is 4.37 Å². The summed E-state index contributed by atoms with van der Waals surface area (Å²) in [6, 6.07) is 0. The lowest BCUT2D eigenvalue weighted by Gasteiger charge is -2.23. The van der Waals surface area contributed by atoms with Gasteiger partial charge in [0.15, 0.2) is 15.7 Å². The summed E-state index contributed by atoms with van der Waals surface area (Å²) in [5.74, 6) is 0.180. The topological polar surface area (TPSA) is 76.3 Å². The van der Waals surface area contributed by atoms with Crippen LogP contribution in [-0.4, -0.2) is 31.1 Å². The number of sulfone groups is 1. The molecule has 7 heteroatoms. The lowest BCUT2D eigenvalue weighted by atomic mass is 10.2. The van der Waals surface area contributed by atoms with Crippen molar-refractivity contribution >= 4 is 32.2 Å². The molecule has 1 aliphatic rings. The Labute approximate surface area is 131 Å². The Bertz CT molecular complexity index is 557. The molecule has 0 aromatic carbocycles. The van der Waals surface area contributed by atoms with Crippen LogP contribution in [0.15, 0.2) is 4.90 Å². The number of hydrogen-bond acceptors (Lipinski definition) is 6. The quantitative estimate of drug-likeness (QED) is 0.752. The summed E-state index contributed by atoms with van der Waals surface area (Å²) in [4.78, 5) is 2.46. The molecule has 1 aromatic heterocycles. The van der Waals surface area contributed by atoms with E-state index in [9.17, 15) is 8.42 Å². The van der Waals surface area contributed by atoms with Crippen molar-refractivity contribution in [2.45, 2.75) is 62.5 Å². The van der Waals surface area contributed by atoms with Crippen molar-refractivity contribution in [3.8, 4) is 0 Å². The first kappa shape index (κ1) is 16.5. The number of nitrogens with zero attached hydrogens (tertiary/aromatic N) is 2. The molecule has 1 heterocycles. The van der Waals surface area contributed by atoms with Crippen LogP contribution in [-0.2, 0) is 9.84 Å². The molecule has 0 saturated heterocycles. The van der Waals surface area contributed by atoms with Gasteiger partial charge in [0.2, 0.25) is 0 Å². The Balaban J connectivity index is 2.31. The average Bonchev–Trinajstić information content (AvgIpc) is 3.23. The molecule has 0 unspecified atom stereocenters. The third-order valence-electron chi connectivity index (χ3n) is 3.76. The fourth-order valence-electron chi connectivity index (χ4n) is 2.31. The van der Waals surface area contributed by atoms with E-state index < -0.39 is 9.84 Å². The lowest BCUT2D eigenvalue weighted by Crippen LogP contribution is -2.26. The van der Waals surface area contributed by atoms with E-state index in [0.29, 0.717) is 4.90 Å².